The molecule has 1 atom stereocenters. The molecule has 4 N–H and O–H groups in total. The lowest BCUT2D eigenvalue weighted by molar-refractivity contribution is -0.0819. The van der Waals surface area contributed by atoms with Gasteiger partial charge in [-0.1, -0.05) is 0 Å². The van der Waals surface area contributed by atoms with Crippen LogP contribution in [0.4, 0.5) is 11.6 Å². The SMILES string of the molecule is NNc1cc(NCC2COCCO2)nc(C2CC2)n1. The van der Waals surface area contributed by atoms with Crippen LogP contribution < -0.4 is 16.6 Å². The Labute approximate surface area is 111 Å². The molecule has 7 heteroatoms. The van der Waals surface area contributed by atoms with E-state index in [1.165, 1.54) is 0 Å². The largest absolute Gasteiger partial charge is 0.376 e. The van der Waals surface area contributed by atoms with E-state index in [9.17, 15) is 0 Å². The average Bonchev–Trinajstić information content (AvgIpc) is 3.30. The number of aromatic nitrogens is 2. The molecule has 19 heavy (non-hydrogen) atoms. The molecule has 1 aliphatic heterocycles. The molecule has 104 valence electrons. The third kappa shape index (κ3) is 3.31. The van der Waals surface area contributed by atoms with Gasteiger partial charge < -0.3 is 20.2 Å². The van der Waals surface area contributed by atoms with Gasteiger partial charge in [-0.15, -0.1) is 0 Å². The first-order valence-corrected chi connectivity index (χ1v) is 6.64. The van der Waals surface area contributed by atoms with E-state index in [1.807, 2.05) is 0 Å². The average molecular weight is 265 g/mol. The molecule has 1 saturated carbocycles. The first-order chi connectivity index (χ1) is 9.35. The van der Waals surface area contributed by atoms with Crippen molar-refractivity contribution in [3.63, 3.8) is 0 Å². The second-order valence-electron chi connectivity index (χ2n) is 4.86. The Morgan fingerprint density at radius 2 is 2.11 bits per heavy atom. The molecule has 0 radical (unpaired) electrons. The van der Waals surface area contributed by atoms with Crippen molar-refractivity contribution >= 4 is 11.6 Å². The Morgan fingerprint density at radius 3 is 2.79 bits per heavy atom. The lowest BCUT2D eigenvalue weighted by atomic mass is 10.3. The number of anilines is 2. The van der Waals surface area contributed by atoms with Crippen LogP contribution in [0, 0.1) is 0 Å². The predicted octanol–water partition coefficient (Wildman–Crippen LogP) is 0.467. The molecule has 1 aromatic heterocycles. The summed E-state index contributed by atoms with van der Waals surface area (Å²) < 4.78 is 10.9. The third-order valence-electron chi connectivity index (χ3n) is 3.23. The molecule has 0 spiro atoms. The molecule has 1 saturated heterocycles. The lowest BCUT2D eigenvalue weighted by Gasteiger charge is -2.23. The quantitative estimate of drug-likeness (QED) is 0.526. The number of hydrazine groups is 1. The molecule has 2 heterocycles. The van der Waals surface area contributed by atoms with Gasteiger partial charge in [0, 0.05) is 18.5 Å². The van der Waals surface area contributed by atoms with Gasteiger partial charge >= 0.3 is 0 Å². The standard InChI is InChI=1S/C12H19N5O2/c13-17-11-5-10(15-12(16-11)8-1-2-8)14-6-9-7-18-3-4-19-9/h5,8-9H,1-4,6-7,13H2,(H2,14,15,16,17). The molecule has 0 amide bonds. The van der Waals surface area contributed by atoms with E-state index < -0.39 is 0 Å². The fourth-order valence-corrected chi connectivity index (χ4v) is 2.03. The van der Waals surface area contributed by atoms with Crippen molar-refractivity contribution in [2.75, 3.05) is 37.1 Å². The number of hydrogen-bond donors (Lipinski definition) is 3. The highest BCUT2D eigenvalue weighted by molar-refractivity contribution is 5.47. The summed E-state index contributed by atoms with van der Waals surface area (Å²) in [6.45, 7) is 2.62. The topological polar surface area (TPSA) is 94.3 Å². The molecular weight excluding hydrogens is 246 g/mol. The Morgan fingerprint density at radius 1 is 1.26 bits per heavy atom. The van der Waals surface area contributed by atoms with Gasteiger partial charge in [0.25, 0.3) is 0 Å². The van der Waals surface area contributed by atoms with Crippen molar-refractivity contribution < 1.29 is 9.47 Å². The van der Waals surface area contributed by atoms with E-state index in [0.29, 0.717) is 38.1 Å². The molecule has 3 rings (SSSR count). The lowest BCUT2D eigenvalue weighted by Crippen LogP contribution is -2.34. The highest BCUT2D eigenvalue weighted by atomic mass is 16.6. The van der Waals surface area contributed by atoms with Crippen LogP contribution in [-0.4, -0.2) is 42.4 Å². The predicted molar refractivity (Wildman–Crippen MR) is 70.9 cm³/mol. The van der Waals surface area contributed by atoms with Crippen LogP contribution in [-0.2, 0) is 9.47 Å². The number of hydrogen-bond acceptors (Lipinski definition) is 7. The highest BCUT2D eigenvalue weighted by Crippen LogP contribution is 2.38. The van der Waals surface area contributed by atoms with E-state index in [1.54, 1.807) is 6.07 Å². The summed E-state index contributed by atoms with van der Waals surface area (Å²) in [5.41, 5.74) is 2.58. The number of nitrogens with zero attached hydrogens (tertiary/aromatic N) is 2. The second kappa shape index (κ2) is 5.68. The van der Waals surface area contributed by atoms with Crippen molar-refractivity contribution in [3.05, 3.63) is 11.9 Å². The minimum Gasteiger partial charge on any atom is -0.376 e. The molecule has 2 fully saturated rings. The normalized spacial score (nSPS) is 23.1. The molecule has 1 unspecified atom stereocenters. The summed E-state index contributed by atoms with van der Waals surface area (Å²) in [7, 11) is 0. The van der Waals surface area contributed by atoms with Gasteiger partial charge in [-0.05, 0) is 12.8 Å². The number of nitrogens with two attached hydrogens (primary N) is 1. The number of rotatable bonds is 5. The second-order valence-corrected chi connectivity index (χ2v) is 4.86. The highest BCUT2D eigenvalue weighted by Gasteiger charge is 2.27. The minimum absolute atomic E-state index is 0.0716. The van der Waals surface area contributed by atoms with Crippen molar-refractivity contribution in [2.24, 2.45) is 5.84 Å². The van der Waals surface area contributed by atoms with Gasteiger partial charge in [0.05, 0.1) is 25.9 Å². The van der Waals surface area contributed by atoms with Crippen LogP contribution in [0.25, 0.3) is 0 Å². The Kier molecular flexibility index (Phi) is 3.77. The summed E-state index contributed by atoms with van der Waals surface area (Å²) in [6.07, 6.45) is 2.39. The van der Waals surface area contributed by atoms with Gasteiger partial charge in [-0.2, -0.15) is 0 Å². The fourth-order valence-electron chi connectivity index (χ4n) is 2.03. The van der Waals surface area contributed by atoms with Crippen LogP contribution >= 0.6 is 0 Å². The Bertz CT molecular complexity index is 432. The fraction of sp³-hybridized carbons (Fsp3) is 0.667. The Balaban J connectivity index is 1.63. The molecule has 7 nitrogen and oxygen atoms in total. The maximum Gasteiger partial charge on any atom is 0.145 e. The monoisotopic (exact) mass is 265 g/mol. The number of ether oxygens (including phenoxy) is 2. The van der Waals surface area contributed by atoms with Gasteiger partial charge in [-0.25, -0.2) is 15.8 Å². The maximum atomic E-state index is 5.58. The van der Waals surface area contributed by atoms with Crippen molar-refractivity contribution in [1.29, 1.82) is 0 Å². The van der Waals surface area contributed by atoms with Crippen LogP contribution in [0.5, 0.6) is 0 Å². The summed E-state index contributed by atoms with van der Waals surface area (Å²) in [6, 6.07) is 1.80. The summed E-state index contributed by atoms with van der Waals surface area (Å²) >= 11 is 0. The van der Waals surface area contributed by atoms with Gasteiger partial charge in [0.1, 0.15) is 17.5 Å². The first-order valence-electron chi connectivity index (χ1n) is 6.64. The zero-order valence-electron chi connectivity index (χ0n) is 10.8. The molecular formula is C12H19N5O2. The molecule has 0 bridgehead atoms. The minimum atomic E-state index is 0.0716. The molecule has 2 aliphatic rings. The van der Waals surface area contributed by atoms with E-state index in [4.69, 9.17) is 15.3 Å². The maximum absolute atomic E-state index is 5.58. The van der Waals surface area contributed by atoms with Crippen LogP contribution in [0.3, 0.4) is 0 Å². The molecule has 0 aromatic carbocycles. The zero-order valence-corrected chi connectivity index (χ0v) is 10.8. The molecule has 1 aromatic rings. The van der Waals surface area contributed by atoms with E-state index >= 15 is 0 Å². The Hall–Kier alpha value is -1.44. The van der Waals surface area contributed by atoms with E-state index in [0.717, 1.165) is 24.5 Å². The van der Waals surface area contributed by atoms with Crippen molar-refractivity contribution in [3.8, 4) is 0 Å². The molecule has 1 aliphatic carbocycles. The van der Waals surface area contributed by atoms with Gasteiger partial charge in [0.2, 0.25) is 0 Å². The number of nitrogen functional groups attached to an aromatic ring is 1. The van der Waals surface area contributed by atoms with Gasteiger partial charge in [0.15, 0.2) is 0 Å². The zero-order chi connectivity index (χ0) is 13.1. The summed E-state index contributed by atoms with van der Waals surface area (Å²) in [4.78, 5) is 8.88. The van der Waals surface area contributed by atoms with E-state index in [-0.39, 0.29) is 6.10 Å². The number of nitrogens with one attached hydrogen (secondary N) is 2. The third-order valence-corrected chi connectivity index (χ3v) is 3.23. The van der Waals surface area contributed by atoms with Crippen LogP contribution in [0.1, 0.15) is 24.6 Å². The van der Waals surface area contributed by atoms with E-state index in [2.05, 4.69) is 20.7 Å². The smallest absolute Gasteiger partial charge is 0.145 e. The van der Waals surface area contributed by atoms with Crippen molar-refractivity contribution in [1.82, 2.24) is 9.97 Å². The van der Waals surface area contributed by atoms with Crippen LogP contribution in [0.2, 0.25) is 0 Å². The summed E-state index contributed by atoms with van der Waals surface area (Å²) in [5.74, 6) is 8.20. The van der Waals surface area contributed by atoms with Crippen molar-refractivity contribution in [2.45, 2.75) is 24.9 Å². The first kappa shape index (κ1) is 12.6. The van der Waals surface area contributed by atoms with Crippen LogP contribution in [0.15, 0.2) is 6.07 Å². The van der Waals surface area contributed by atoms with Gasteiger partial charge in [-0.3, -0.25) is 0 Å². The summed E-state index contributed by atoms with van der Waals surface area (Å²) in [5, 5.41) is 3.26.